The smallest absolute Gasteiger partial charge is 0.251 e. The van der Waals surface area contributed by atoms with Crippen LogP contribution in [0.3, 0.4) is 0 Å². The second kappa shape index (κ2) is 10.1. The van der Waals surface area contributed by atoms with Crippen molar-refractivity contribution in [1.29, 1.82) is 0 Å². The summed E-state index contributed by atoms with van der Waals surface area (Å²) in [6, 6.07) is 14.8. The first-order chi connectivity index (χ1) is 14.1. The molecule has 0 fully saturated rings. The quantitative estimate of drug-likeness (QED) is 0.662. The standard InChI is InChI=1S/C23H32N4O3/c1-23(16-30-6,25-22(29)18-10-8-12-20(14-18)27(4)5)15-24-21(28)17-9-7-11-19(13-17)26(2)3/h7-14H,15-16H2,1-6H3,(H,24,28)(H,25,29)/t23-/m0/s1. The van der Waals surface area contributed by atoms with Crippen LogP contribution in [0, 0.1) is 0 Å². The van der Waals surface area contributed by atoms with Crippen LogP contribution >= 0.6 is 0 Å². The summed E-state index contributed by atoms with van der Waals surface area (Å²) in [4.78, 5) is 29.4. The lowest BCUT2D eigenvalue weighted by molar-refractivity contribution is 0.0756. The molecule has 0 aliphatic rings. The Balaban J connectivity index is 2.10. The van der Waals surface area contributed by atoms with Crippen LogP contribution in [0.2, 0.25) is 0 Å². The average molecular weight is 413 g/mol. The molecular weight excluding hydrogens is 380 g/mol. The van der Waals surface area contributed by atoms with Crippen molar-refractivity contribution < 1.29 is 14.3 Å². The van der Waals surface area contributed by atoms with E-state index in [9.17, 15) is 9.59 Å². The number of nitrogens with one attached hydrogen (secondary N) is 2. The van der Waals surface area contributed by atoms with Gasteiger partial charge in [0.25, 0.3) is 11.8 Å². The predicted octanol–water partition coefficient (Wildman–Crippen LogP) is 2.38. The van der Waals surface area contributed by atoms with Crippen molar-refractivity contribution >= 4 is 23.2 Å². The molecule has 162 valence electrons. The van der Waals surface area contributed by atoms with Gasteiger partial charge in [-0.3, -0.25) is 9.59 Å². The van der Waals surface area contributed by atoms with Gasteiger partial charge in [0, 0.05) is 64.3 Å². The Kier molecular flexibility index (Phi) is 7.83. The van der Waals surface area contributed by atoms with E-state index in [-0.39, 0.29) is 25.0 Å². The molecule has 0 radical (unpaired) electrons. The number of nitrogens with zero attached hydrogens (tertiary/aromatic N) is 2. The lowest BCUT2D eigenvalue weighted by atomic mass is 10.0. The number of carbonyl (C=O) groups excluding carboxylic acids is 2. The van der Waals surface area contributed by atoms with E-state index < -0.39 is 5.54 Å². The highest BCUT2D eigenvalue weighted by molar-refractivity contribution is 5.96. The lowest BCUT2D eigenvalue weighted by Crippen LogP contribution is -2.56. The van der Waals surface area contributed by atoms with Crippen molar-refractivity contribution in [1.82, 2.24) is 10.6 Å². The van der Waals surface area contributed by atoms with Gasteiger partial charge in [-0.15, -0.1) is 0 Å². The molecule has 0 aliphatic carbocycles. The van der Waals surface area contributed by atoms with E-state index in [4.69, 9.17) is 4.74 Å². The molecule has 0 aromatic heterocycles. The fraction of sp³-hybridized carbons (Fsp3) is 0.391. The maximum atomic E-state index is 12.8. The Morgan fingerprint density at radius 1 is 0.900 bits per heavy atom. The van der Waals surface area contributed by atoms with Gasteiger partial charge >= 0.3 is 0 Å². The Hall–Kier alpha value is -3.06. The summed E-state index contributed by atoms with van der Waals surface area (Å²) in [5, 5.41) is 5.92. The number of rotatable bonds is 9. The van der Waals surface area contributed by atoms with Crippen LogP contribution in [0.1, 0.15) is 27.6 Å². The van der Waals surface area contributed by atoms with Crippen molar-refractivity contribution in [3.05, 3.63) is 59.7 Å². The van der Waals surface area contributed by atoms with Gasteiger partial charge in [-0.1, -0.05) is 12.1 Å². The van der Waals surface area contributed by atoms with Gasteiger partial charge in [0.1, 0.15) is 0 Å². The molecule has 1 atom stereocenters. The van der Waals surface area contributed by atoms with Crippen LogP contribution in [0.15, 0.2) is 48.5 Å². The van der Waals surface area contributed by atoms with E-state index in [1.54, 1.807) is 19.2 Å². The van der Waals surface area contributed by atoms with E-state index in [1.165, 1.54) is 0 Å². The molecule has 0 bridgehead atoms. The summed E-state index contributed by atoms with van der Waals surface area (Å²) in [7, 11) is 9.26. The number of benzene rings is 2. The highest BCUT2D eigenvalue weighted by Crippen LogP contribution is 2.16. The van der Waals surface area contributed by atoms with Crippen LogP contribution in [-0.4, -0.2) is 65.8 Å². The molecule has 2 aromatic rings. The number of anilines is 2. The molecule has 7 nitrogen and oxygen atoms in total. The normalized spacial score (nSPS) is 12.6. The Bertz CT molecular complexity index is 882. The third-order valence-corrected chi connectivity index (χ3v) is 4.77. The minimum Gasteiger partial charge on any atom is -0.382 e. The number of methoxy groups -OCH3 is 1. The van der Waals surface area contributed by atoms with E-state index in [1.807, 2.05) is 81.3 Å². The van der Waals surface area contributed by atoms with Gasteiger partial charge in [0.2, 0.25) is 0 Å². The van der Waals surface area contributed by atoms with Crippen molar-refractivity contribution in [3.8, 4) is 0 Å². The van der Waals surface area contributed by atoms with Crippen molar-refractivity contribution in [2.75, 3.05) is 58.3 Å². The number of ether oxygens (including phenoxy) is 1. The molecule has 0 aliphatic heterocycles. The maximum Gasteiger partial charge on any atom is 0.251 e. The molecule has 30 heavy (non-hydrogen) atoms. The molecular formula is C23H32N4O3. The lowest BCUT2D eigenvalue weighted by Gasteiger charge is -2.30. The number of carbonyl (C=O) groups is 2. The Labute approximate surface area is 179 Å². The van der Waals surface area contributed by atoms with E-state index in [0.29, 0.717) is 11.1 Å². The molecule has 0 saturated heterocycles. The minimum atomic E-state index is -0.769. The van der Waals surface area contributed by atoms with Crippen molar-refractivity contribution in [2.24, 2.45) is 0 Å². The van der Waals surface area contributed by atoms with Gasteiger partial charge < -0.3 is 25.2 Å². The van der Waals surface area contributed by atoms with Gasteiger partial charge in [-0.25, -0.2) is 0 Å². The number of amides is 2. The first-order valence-electron chi connectivity index (χ1n) is 9.79. The summed E-state index contributed by atoms with van der Waals surface area (Å²) >= 11 is 0. The molecule has 2 aromatic carbocycles. The molecule has 0 saturated carbocycles. The molecule has 0 spiro atoms. The zero-order chi connectivity index (χ0) is 22.3. The first-order valence-corrected chi connectivity index (χ1v) is 9.79. The third kappa shape index (κ3) is 6.22. The monoisotopic (exact) mass is 412 g/mol. The summed E-state index contributed by atoms with van der Waals surface area (Å²) < 4.78 is 5.31. The van der Waals surface area contributed by atoms with Crippen molar-refractivity contribution in [2.45, 2.75) is 12.5 Å². The summed E-state index contributed by atoms with van der Waals surface area (Å²) in [5.74, 6) is -0.424. The molecule has 2 N–H and O–H groups in total. The zero-order valence-electron chi connectivity index (χ0n) is 18.7. The van der Waals surface area contributed by atoms with Gasteiger partial charge in [0.05, 0.1) is 12.1 Å². The summed E-state index contributed by atoms with van der Waals surface area (Å²) in [6.07, 6.45) is 0. The molecule has 2 amide bonds. The van der Waals surface area contributed by atoms with E-state index in [2.05, 4.69) is 10.6 Å². The highest BCUT2D eigenvalue weighted by Gasteiger charge is 2.28. The average Bonchev–Trinajstić information content (AvgIpc) is 2.72. The second-order valence-corrected chi connectivity index (χ2v) is 8.02. The summed E-state index contributed by atoms with van der Waals surface area (Å²) in [6.45, 7) is 2.33. The first kappa shape index (κ1) is 23.2. The van der Waals surface area contributed by atoms with Crippen LogP contribution in [0.5, 0.6) is 0 Å². The third-order valence-electron chi connectivity index (χ3n) is 4.77. The fourth-order valence-electron chi connectivity index (χ4n) is 3.02. The van der Waals surface area contributed by atoms with E-state index in [0.717, 1.165) is 11.4 Å². The fourth-order valence-corrected chi connectivity index (χ4v) is 3.02. The van der Waals surface area contributed by atoms with Gasteiger partial charge in [0.15, 0.2) is 0 Å². The van der Waals surface area contributed by atoms with Crippen LogP contribution < -0.4 is 20.4 Å². The molecule has 0 heterocycles. The van der Waals surface area contributed by atoms with Gasteiger partial charge in [-0.05, 0) is 43.3 Å². The largest absolute Gasteiger partial charge is 0.382 e. The summed E-state index contributed by atoms with van der Waals surface area (Å²) in [5.41, 5.74) is 2.22. The van der Waals surface area contributed by atoms with Crippen molar-refractivity contribution in [3.63, 3.8) is 0 Å². The van der Waals surface area contributed by atoms with Gasteiger partial charge in [-0.2, -0.15) is 0 Å². The van der Waals surface area contributed by atoms with E-state index >= 15 is 0 Å². The molecule has 2 rings (SSSR count). The minimum absolute atomic E-state index is 0.204. The van der Waals surface area contributed by atoms with Crippen LogP contribution in [0.25, 0.3) is 0 Å². The molecule has 0 unspecified atom stereocenters. The van der Waals surface area contributed by atoms with Crippen LogP contribution in [0.4, 0.5) is 11.4 Å². The Morgan fingerprint density at radius 3 is 1.87 bits per heavy atom. The Morgan fingerprint density at radius 2 is 1.40 bits per heavy atom. The predicted molar refractivity (Wildman–Crippen MR) is 122 cm³/mol. The number of hydrogen-bond acceptors (Lipinski definition) is 5. The second-order valence-electron chi connectivity index (χ2n) is 8.02. The highest BCUT2D eigenvalue weighted by atomic mass is 16.5. The SMILES string of the molecule is COC[C@](C)(CNC(=O)c1cccc(N(C)C)c1)NC(=O)c1cccc(N(C)C)c1. The topological polar surface area (TPSA) is 73.9 Å². The number of hydrogen-bond donors (Lipinski definition) is 2. The maximum absolute atomic E-state index is 12.8. The van der Waals surface area contributed by atoms with Crippen LogP contribution in [-0.2, 0) is 4.74 Å². The zero-order valence-corrected chi connectivity index (χ0v) is 18.7. The molecule has 7 heteroatoms.